The number of pyridine rings is 2. The first-order valence-electron chi connectivity index (χ1n) is 13.9. The molecule has 5 aromatic rings. The molecule has 2 aliphatic rings. The smallest absolute Gasteiger partial charge is 0.355 e. The summed E-state index contributed by atoms with van der Waals surface area (Å²) in [4.78, 5) is 44.7. The third-order valence-corrected chi connectivity index (χ3v) is 8.38. The number of hydrogen-bond acceptors (Lipinski definition) is 7. The van der Waals surface area contributed by atoms with E-state index in [1.165, 1.54) is 16.7 Å². The molecule has 2 atom stereocenters. The van der Waals surface area contributed by atoms with E-state index in [1.54, 1.807) is 24.4 Å². The van der Waals surface area contributed by atoms with Crippen LogP contribution in [0.4, 0.5) is 10.2 Å². The molecule has 9 nitrogen and oxygen atoms in total. The van der Waals surface area contributed by atoms with Crippen LogP contribution in [0.1, 0.15) is 43.9 Å². The zero-order valence-corrected chi connectivity index (χ0v) is 23.1. The first-order chi connectivity index (χ1) is 19.8. The quantitative estimate of drug-likeness (QED) is 0.289. The maximum Gasteiger partial charge on any atom is 0.355 e. The normalized spacial score (nSPS) is 18.8. The minimum Gasteiger partial charge on any atom is -0.454 e. The van der Waals surface area contributed by atoms with E-state index in [2.05, 4.69) is 21.4 Å². The van der Waals surface area contributed by atoms with Gasteiger partial charge in [0.05, 0.1) is 22.2 Å². The lowest BCUT2D eigenvalue weighted by molar-refractivity contribution is -0.129. The lowest BCUT2D eigenvalue weighted by Gasteiger charge is -2.41. The molecule has 10 heteroatoms. The number of nitrogens with zero attached hydrogens (tertiary/aromatic N) is 6. The summed E-state index contributed by atoms with van der Waals surface area (Å²) in [6.07, 6.45) is 4.83. The number of anilines is 1. The molecule has 2 saturated heterocycles. The number of aromatic nitrogens is 4. The molecule has 2 fully saturated rings. The number of benzene rings is 1. The summed E-state index contributed by atoms with van der Waals surface area (Å²) < 4.78 is 22.6. The van der Waals surface area contributed by atoms with Crippen LogP contribution in [0.5, 0.6) is 0 Å². The Morgan fingerprint density at radius 3 is 2.61 bits per heavy atom. The number of carbonyl (C=O) groups is 1. The largest absolute Gasteiger partial charge is 0.454 e. The maximum absolute atomic E-state index is 15.0. The number of furan rings is 1. The third kappa shape index (κ3) is 3.77. The Balaban J connectivity index is 1.53. The molecule has 2 aliphatic heterocycles. The van der Waals surface area contributed by atoms with Crippen molar-refractivity contribution in [1.29, 1.82) is 0 Å². The molecule has 6 heterocycles. The van der Waals surface area contributed by atoms with Crippen LogP contribution in [0.25, 0.3) is 38.8 Å². The fourth-order valence-electron chi connectivity index (χ4n) is 6.57. The fourth-order valence-corrected chi connectivity index (χ4v) is 6.57. The molecule has 0 N–H and O–H groups in total. The van der Waals surface area contributed by atoms with Crippen LogP contribution in [-0.2, 0) is 4.79 Å². The Hall–Kier alpha value is -4.60. The van der Waals surface area contributed by atoms with Gasteiger partial charge in [-0.05, 0) is 61.6 Å². The second-order valence-corrected chi connectivity index (χ2v) is 11.2. The number of fused-ring (bicyclic) bond motifs is 6. The Morgan fingerprint density at radius 2 is 1.90 bits per heavy atom. The zero-order chi connectivity index (χ0) is 28.6. The Kier molecular flexibility index (Phi) is 5.71. The van der Waals surface area contributed by atoms with Gasteiger partial charge < -0.3 is 14.2 Å². The highest BCUT2D eigenvalue weighted by molar-refractivity contribution is 6.07. The number of amides is 1. The van der Waals surface area contributed by atoms with Gasteiger partial charge in [-0.15, -0.1) is 0 Å². The van der Waals surface area contributed by atoms with E-state index in [9.17, 15) is 9.59 Å². The Morgan fingerprint density at radius 1 is 1.15 bits per heavy atom. The van der Waals surface area contributed by atoms with E-state index in [-0.39, 0.29) is 29.3 Å². The lowest BCUT2D eigenvalue weighted by Crippen LogP contribution is -2.56. The van der Waals surface area contributed by atoms with Crippen LogP contribution in [-0.4, -0.2) is 55.5 Å². The standard InChI is InChI=1S/C31H29FN6O3/c1-5-24(39)37-18-9-10-19(37)15-36(14-18)29-20-13-23-27(25-21(32)7-6-8-22(25)41-23)34-30(20)38(31(40)35-29)28-17(4)11-12-33-26(28)16(2)3/h5-8,11-13,16,18-19H,1,9-10,14-15H2,2-4H3. The van der Waals surface area contributed by atoms with Crippen LogP contribution in [0.2, 0.25) is 0 Å². The fraction of sp³-hybridized carbons (Fsp3) is 0.323. The number of piperazine rings is 1. The van der Waals surface area contributed by atoms with Gasteiger partial charge in [-0.1, -0.05) is 26.5 Å². The predicted octanol–water partition coefficient (Wildman–Crippen LogP) is 5.01. The molecule has 4 aromatic heterocycles. The van der Waals surface area contributed by atoms with Crippen molar-refractivity contribution >= 4 is 44.8 Å². The van der Waals surface area contributed by atoms with Gasteiger partial charge in [0.1, 0.15) is 22.7 Å². The van der Waals surface area contributed by atoms with Gasteiger partial charge >= 0.3 is 5.69 Å². The predicted molar refractivity (Wildman–Crippen MR) is 155 cm³/mol. The van der Waals surface area contributed by atoms with Crippen molar-refractivity contribution in [2.45, 2.75) is 51.6 Å². The summed E-state index contributed by atoms with van der Waals surface area (Å²) in [6, 6.07) is 8.30. The molecule has 0 aliphatic carbocycles. The summed E-state index contributed by atoms with van der Waals surface area (Å²) in [7, 11) is 0. The highest BCUT2D eigenvalue weighted by Gasteiger charge is 2.42. The molecular formula is C31H29FN6O3. The van der Waals surface area contributed by atoms with Crippen LogP contribution in [0, 0.1) is 12.7 Å². The van der Waals surface area contributed by atoms with Gasteiger partial charge in [0.2, 0.25) is 5.91 Å². The lowest BCUT2D eigenvalue weighted by atomic mass is 10.0. The van der Waals surface area contributed by atoms with Crippen molar-refractivity contribution in [3.63, 3.8) is 0 Å². The van der Waals surface area contributed by atoms with Gasteiger partial charge in [-0.25, -0.2) is 18.7 Å². The Bertz CT molecular complexity index is 1950. The summed E-state index contributed by atoms with van der Waals surface area (Å²) in [5.74, 6) is -0.0250. The van der Waals surface area contributed by atoms with E-state index in [4.69, 9.17) is 9.40 Å². The summed E-state index contributed by atoms with van der Waals surface area (Å²) in [6.45, 7) is 10.7. The van der Waals surface area contributed by atoms with E-state index < -0.39 is 11.5 Å². The first-order valence-corrected chi connectivity index (χ1v) is 13.9. The maximum atomic E-state index is 15.0. The van der Waals surface area contributed by atoms with Crippen LogP contribution >= 0.6 is 0 Å². The van der Waals surface area contributed by atoms with E-state index in [1.807, 2.05) is 31.7 Å². The van der Waals surface area contributed by atoms with Crippen LogP contribution in [0.3, 0.4) is 0 Å². The number of rotatable bonds is 4. The van der Waals surface area contributed by atoms with E-state index in [0.717, 1.165) is 24.1 Å². The molecule has 1 aromatic carbocycles. The summed E-state index contributed by atoms with van der Waals surface area (Å²) in [5.41, 5.74) is 3.19. The van der Waals surface area contributed by atoms with Crippen LogP contribution in [0.15, 0.2) is 58.4 Å². The summed E-state index contributed by atoms with van der Waals surface area (Å²) >= 11 is 0. The molecule has 2 unspecified atom stereocenters. The zero-order valence-electron chi connectivity index (χ0n) is 23.1. The van der Waals surface area contributed by atoms with Gasteiger partial charge in [0.25, 0.3) is 0 Å². The topological polar surface area (TPSA) is 97.4 Å². The van der Waals surface area contributed by atoms with Crippen molar-refractivity contribution in [1.82, 2.24) is 24.4 Å². The van der Waals surface area contributed by atoms with Crippen molar-refractivity contribution < 1.29 is 13.6 Å². The minimum absolute atomic E-state index is 0.0105. The minimum atomic E-state index is -0.498. The molecule has 0 radical (unpaired) electrons. The average Bonchev–Trinajstić information content (AvgIpc) is 3.45. The van der Waals surface area contributed by atoms with Gasteiger partial charge in [0.15, 0.2) is 11.2 Å². The second-order valence-electron chi connectivity index (χ2n) is 11.2. The Labute approximate surface area is 234 Å². The number of aryl methyl sites for hydroxylation is 1. The molecule has 41 heavy (non-hydrogen) atoms. The van der Waals surface area contributed by atoms with Crippen molar-refractivity contribution in [2.24, 2.45) is 0 Å². The molecule has 208 valence electrons. The number of carbonyl (C=O) groups excluding carboxylic acids is 1. The van der Waals surface area contributed by atoms with Gasteiger partial charge in [-0.3, -0.25) is 9.78 Å². The highest BCUT2D eigenvalue weighted by Crippen LogP contribution is 2.38. The molecule has 2 bridgehead atoms. The number of halogens is 1. The number of hydrogen-bond donors (Lipinski definition) is 0. The monoisotopic (exact) mass is 552 g/mol. The summed E-state index contributed by atoms with van der Waals surface area (Å²) in [5, 5.41) is 0.876. The van der Waals surface area contributed by atoms with Gasteiger partial charge in [-0.2, -0.15) is 4.98 Å². The van der Waals surface area contributed by atoms with Gasteiger partial charge in [0, 0.05) is 31.4 Å². The van der Waals surface area contributed by atoms with Crippen molar-refractivity contribution in [2.75, 3.05) is 18.0 Å². The SMILES string of the molecule is C=CC(=O)N1C2CCC1CN(c1nc(=O)n(-c3c(C)ccnc3C(C)C)c3nc4c(cc13)oc1cccc(F)c14)C2. The highest BCUT2D eigenvalue weighted by atomic mass is 19.1. The van der Waals surface area contributed by atoms with Crippen molar-refractivity contribution in [3.8, 4) is 5.69 Å². The van der Waals surface area contributed by atoms with E-state index >= 15 is 4.39 Å². The average molecular weight is 553 g/mol. The molecule has 7 rings (SSSR count). The first kappa shape index (κ1) is 25.4. The van der Waals surface area contributed by atoms with Crippen LogP contribution < -0.4 is 10.6 Å². The molecule has 0 saturated carbocycles. The molecule has 1 amide bonds. The molecule has 0 spiro atoms. The van der Waals surface area contributed by atoms with Crippen molar-refractivity contribution in [3.05, 3.63) is 76.7 Å². The second kappa shape index (κ2) is 9.22. The van der Waals surface area contributed by atoms with E-state index in [0.29, 0.717) is 52.3 Å². The molecular weight excluding hydrogens is 523 g/mol. The third-order valence-electron chi connectivity index (χ3n) is 8.38.